The number of rotatable bonds is 5. The SMILES string of the molecule is CCN1C(=O)COc2ccc(-c3csc(NC(=O)c4ccccc4OC)n3)cc21. The number of nitrogens with zero attached hydrogens (tertiary/aromatic N) is 2. The molecule has 0 bridgehead atoms. The number of hydrogen-bond acceptors (Lipinski definition) is 6. The Kier molecular flexibility index (Phi) is 5.18. The van der Waals surface area contributed by atoms with E-state index in [4.69, 9.17) is 9.47 Å². The van der Waals surface area contributed by atoms with Gasteiger partial charge >= 0.3 is 0 Å². The molecule has 0 fully saturated rings. The van der Waals surface area contributed by atoms with Crippen molar-refractivity contribution in [3.05, 3.63) is 53.4 Å². The van der Waals surface area contributed by atoms with Crippen LogP contribution in [0.5, 0.6) is 11.5 Å². The normalized spacial score (nSPS) is 12.9. The molecule has 29 heavy (non-hydrogen) atoms. The number of benzene rings is 2. The third kappa shape index (κ3) is 3.66. The summed E-state index contributed by atoms with van der Waals surface area (Å²) in [7, 11) is 1.53. The van der Waals surface area contributed by atoms with Crippen molar-refractivity contribution in [1.29, 1.82) is 0 Å². The van der Waals surface area contributed by atoms with Gasteiger partial charge in [0.2, 0.25) is 0 Å². The van der Waals surface area contributed by atoms with Crippen LogP contribution in [0.25, 0.3) is 11.3 Å². The molecular weight excluding hydrogens is 390 g/mol. The van der Waals surface area contributed by atoms with Crippen molar-refractivity contribution in [2.24, 2.45) is 0 Å². The molecule has 0 unspecified atom stereocenters. The molecule has 3 aromatic rings. The van der Waals surface area contributed by atoms with Gasteiger partial charge in [0.1, 0.15) is 11.5 Å². The molecule has 0 saturated heterocycles. The highest BCUT2D eigenvalue weighted by atomic mass is 32.1. The summed E-state index contributed by atoms with van der Waals surface area (Å²) >= 11 is 1.33. The van der Waals surface area contributed by atoms with Gasteiger partial charge in [-0.2, -0.15) is 0 Å². The van der Waals surface area contributed by atoms with Crippen LogP contribution in [0.3, 0.4) is 0 Å². The van der Waals surface area contributed by atoms with E-state index < -0.39 is 0 Å². The third-order valence-corrected chi connectivity index (χ3v) is 5.35. The Labute approximate surface area is 171 Å². The lowest BCUT2D eigenvalue weighted by Gasteiger charge is -2.28. The monoisotopic (exact) mass is 409 g/mol. The quantitative estimate of drug-likeness (QED) is 0.693. The summed E-state index contributed by atoms with van der Waals surface area (Å²) in [6.07, 6.45) is 0. The lowest BCUT2D eigenvalue weighted by molar-refractivity contribution is -0.121. The number of amides is 2. The van der Waals surface area contributed by atoms with Crippen molar-refractivity contribution < 1.29 is 19.1 Å². The smallest absolute Gasteiger partial charge is 0.265 e. The first-order valence-electron chi connectivity index (χ1n) is 9.08. The molecule has 0 aliphatic carbocycles. The van der Waals surface area contributed by atoms with Gasteiger partial charge in [0.05, 0.1) is 24.1 Å². The summed E-state index contributed by atoms with van der Waals surface area (Å²) in [5.41, 5.74) is 2.72. The van der Waals surface area contributed by atoms with Gasteiger partial charge in [0, 0.05) is 17.5 Å². The molecule has 148 valence electrons. The number of carbonyl (C=O) groups excluding carboxylic acids is 2. The van der Waals surface area contributed by atoms with Gasteiger partial charge in [-0.3, -0.25) is 14.9 Å². The average molecular weight is 409 g/mol. The number of nitrogens with one attached hydrogen (secondary N) is 1. The van der Waals surface area contributed by atoms with Crippen molar-refractivity contribution in [2.75, 3.05) is 30.5 Å². The minimum atomic E-state index is -0.287. The maximum Gasteiger partial charge on any atom is 0.265 e. The van der Waals surface area contributed by atoms with E-state index in [9.17, 15) is 9.59 Å². The molecule has 0 atom stereocenters. The minimum absolute atomic E-state index is 0.0516. The van der Waals surface area contributed by atoms with Crippen molar-refractivity contribution >= 4 is 34.0 Å². The Morgan fingerprint density at radius 3 is 2.93 bits per heavy atom. The van der Waals surface area contributed by atoms with E-state index in [1.54, 1.807) is 29.2 Å². The number of anilines is 2. The lowest BCUT2D eigenvalue weighted by Crippen LogP contribution is -2.38. The van der Waals surface area contributed by atoms with E-state index >= 15 is 0 Å². The van der Waals surface area contributed by atoms with Gasteiger partial charge in [-0.25, -0.2) is 4.98 Å². The Morgan fingerprint density at radius 1 is 1.31 bits per heavy atom. The molecule has 0 saturated carbocycles. The Hall–Kier alpha value is -3.39. The number of methoxy groups -OCH3 is 1. The highest BCUT2D eigenvalue weighted by molar-refractivity contribution is 7.14. The first-order valence-corrected chi connectivity index (χ1v) is 9.96. The molecule has 2 amide bonds. The molecule has 2 aromatic carbocycles. The van der Waals surface area contributed by atoms with Crippen LogP contribution < -0.4 is 19.7 Å². The summed E-state index contributed by atoms with van der Waals surface area (Å²) < 4.78 is 10.7. The number of fused-ring (bicyclic) bond motifs is 1. The minimum Gasteiger partial charge on any atom is -0.496 e. The summed E-state index contributed by atoms with van der Waals surface area (Å²) in [6.45, 7) is 2.54. The second-order valence-corrected chi connectivity index (χ2v) is 7.16. The van der Waals surface area contributed by atoms with Crippen LogP contribution in [-0.2, 0) is 4.79 Å². The molecule has 4 rings (SSSR count). The largest absolute Gasteiger partial charge is 0.496 e. The Bertz CT molecular complexity index is 1080. The molecule has 0 spiro atoms. The van der Waals surface area contributed by atoms with Crippen LogP contribution in [0.15, 0.2) is 47.8 Å². The molecule has 1 aromatic heterocycles. The van der Waals surface area contributed by atoms with Crippen LogP contribution >= 0.6 is 11.3 Å². The highest BCUT2D eigenvalue weighted by Crippen LogP contribution is 2.36. The fourth-order valence-electron chi connectivity index (χ4n) is 3.17. The Balaban J connectivity index is 1.58. The first kappa shape index (κ1) is 18.9. The fraction of sp³-hybridized carbons (Fsp3) is 0.190. The van der Waals surface area contributed by atoms with E-state index in [2.05, 4.69) is 10.3 Å². The molecular formula is C21H19N3O4S. The number of carbonyl (C=O) groups is 2. The molecule has 7 nitrogen and oxygen atoms in total. The lowest BCUT2D eigenvalue weighted by atomic mass is 10.1. The van der Waals surface area contributed by atoms with Gasteiger partial charge in [-0.15, -0.1) is 11.3 Å². The van der Waals surface area contributed by atoms with Crippen molar-refractivity contribution in [3.63, 3.8) is 0 Å². The van der Waals surface area contributed by atoms with Crippen LogP contribution in [0.1, 0.15) is 17.3 Å². The molecule has 1 N–H and O–H groups in total. The number of hydrogen-bond donors (Lipinski definition) is 1. The highest BCUT2D eigenvalue weighted by Gasteiger charge is 2.25. The zero-order valence-electron chi connectivity index (χ0n) is 16.0. The standard InChI is InChI=1S/C21H19N3O4S/c1-3-24-16-10-13(8-9-18(16)28-11-19(24)25)15-12-29-21(22-15)23-20(26)14-6-4-5-7-17(14)27-2/h4-10,12H,3,11H2,1-2H3,(H,22,23,26). The van der Waals surface area contributed by atoms with E-state index in [-0.39, 0.29) is 18.4 Å². The second-order valence-electron chi connectivity index (χ2n) is 6.30. The number of likely N-dealkylation sites (N-methyl/N-ethyl adjacent to an activating group) is 1. The maximum absolute atomic E-state index is 12.6. The molecule has 2 heterocycles. The number of aromatic nitrogens is 1. The zero-order valence-corrected chi connectivity index (χ0v) is 16.8. The summed E-state index contributed by atoms with van der Waals surface area (Å²) in [4.78, 5) is 30.9. The summed E-state index contributed by atoms with van der Waals surface area (Å²) in [5, 5.41) is 5.15. The van der Waals surface area contributed by atoms with E-state index in [0.717, 1.165) is 11.3 Å². The average Bonchev–Trinajstić information content (AvgIpc) is 3.21. The van der Waals surface area contributed by atoms with Gasteiger partial charge in [-0.1, -0.05) is 12.1 Å². The summed E-state index contributed by atoms with van der Waals surface area (Å²) in [5.74, 6) is 0.820. The van der Waals surface area contributed by atoms with E-state index in [0.29, 0.717) is 34.4 Å². The Morgan fingerprint density at radius 2 is 2.14 bits per heavy atom. The maximum atomic E-state index is 12.6. The fourth-order valence-corrected chi connectivity index (χ4v) is 3.88. The summed E-state index contributed by atoms with van der Waals surface area (Å²) in [6, 6.07) is 12.6. The van der Waals surface area contributed by atoms with Crippen LogP contribution in [0, 0.1) is 0 Å². The van der Waals surface area contributed by atoms with Gasteiger partial charge in [0.25, 0.3) is 11.8 Å². The topological polar surface area (TPSA) is 80.8 Å². The van der Waals surface area contributed by atoms with Gasteiger partial charge < -0.3 is 14.4 Å². The van der Waals surface area contributed by atoms with Crippen LogP contribution in [-0.4, -0.2) is 37.1 Å². The molecule has 1 aliphatic rings. The van der Waals surface area contributed by atoms with Crippen LogP contribution in [0.4, 0.5) is 10.8 Å². The number of thiazole rings is 1. The van der Waals surface area contributed by atoms with Gasteiger partial charge in [0.15, 0.2) is 11.7 Å². The third-order valence-electron chi connectivity index (χ3n) is 4.59. The second kappa shape index (κ2) is 7.92. The first-order chi connectivity index (χ1) is 14.1. The molecule has 8 heteroatoms. The van der Waals surface area contributed by atoms with Gasteiger partial charge in [-0.05, 0) is 37.3 Å². The van der Waals surface area contributed by atoms with Crippen molar-refractivity contribution in [3.8, 4) is 22.8 Å². The molecule has 0 radical (unpaired) electrons. The van der Waals surface area contributed by atoms with Crippen molar-refractivity contribution in [2.45, 2.75) is 6.92 Å². The van der Waals surface area contributed by atoms with E-state index in [1.165, 1.54) is 18.4 Å². The zero-order chi connectivity index (χ0) is 20.4. The van der Waals surface area contributed by atoms with Crippen LogP contribution in [0.2, 0.25) is 0 Å². The van der Waals surface area contributed by atoms with Crippen molar-refractivity contribution in [1.82, 2.24) is 4.98 Å². The predicted octanol–water partition coefficient (Wildman–Crippen LogP) is 3.82. The molecule has 1 aliphatic heterocycles. The number of para-hydroxylation sites is 1. The van der Waals surface area contributed by atoms with E-state index in [1.807, 2.05) is 30.5 Å². The predicted molar refractivity (Wildman–Crippen MR) is 112 cm³/mol. The number of ether oxygens (including phenoxy) is 2.